The van der Waals surface area contributed by atoms with E-state index >= 15 is 0 Å². The summed E-state index contributed by atoms with van der Waals surface area (Å²) in [5.74, 6) is 0.829. The van der Waals surface area contributed by atoms with Crippen molar-refractivity contribution in [1.82, 2.24) is 9.97 Å². The summed E-state index contributed by atoms with van der Waals surface area (Å²) in [5.41, 5.74) is 2.41. The molecule has 0 aliphatic rings. The maximum Gasteiger partial charge on any atom is 0.269 e. The number of non-ortho nitro benzene ring substituents is 1. The van der Waals surface area contributed by atoms with Gasteiger partial charge in [-0.15, -0.1) is 11.8 Å². The van der Waals surface area contributed by atoms with Crippen LogP contribution in [-0.2, 0) is 0 Å². The zero-order chi connectivity index (χ0) is 14.7. The van der Waals surface area contributed by atoms with Gasteiger partial charge < -0.3 is 0 Å². The minimum Gasteiger partial charge on any atom is -0.258 e. The summed E-state index contributed by atoms with van der Waals surface area (Å²) in [5, 5.41) is 11.4. The van der Waals surface area contributed by atoms with Gasteiger partial charge in [0.05, 0.1) is 4.92 Å². The number of aryl methyl sites for hydroxylation is 1. The molecule has 19 heavy (non-hydrogen) atoms. The Morgan fingerprint density at radius 2 is 2.05 bits per heavy atom. The summed E-state index contributed by atoms with van der Waals surface area (Å²) < 4.78 is 7.58. The maximum atomic E-state index is 10.7. The van der Waals surface area contributed by atoms with Gasteiger partial charge in [-0.3, -0.25) is 10.1 Å². The molecule has 0 fully saturated rings. The zero-order valence-electron chi connectivity index (χ0n) is 11.6. The van der Waals surface area contributed by atoms with E-state index in [1.165, 1.54) is 23.9 Å². The lowest BCUT2D eigenvalue weighted by Crippen LogP contribution is -1.95. The molecule has 1 heterocycles. The molecule has 2 aromatic rings. The monoisotopic (exact) mass is 276 g/mol. The van der Waals surface area contributed by atoms with E-state index in [0.29, 0.717) is 5.69 Å². The van der Waals surface area contributed by atoms with Gasteiger partial charge in [-0.25, -0.2) is 9.97 Å². The Kier molecular flexibility index (Phi) is 3.69. The third-order valence-electron chi connectivity index (χ3n) is 2.59. The molecular weight excluding hydrogens is 262 g/mol. The molecule has 0 saturated heterocycles. The summed E-state index contributed by atoms with van der Waals surface area (Å²) in [6.07, 6.45) is -0.0101. The van der Waals surface area contributed by atoms with Crippen molar-refractivity contribution in [1.29, 1.82) is 0 Å². The van der Waals surface area contributed by atoms with Crippen LogP contribution in [-0.4, -0.2) is 20.6 Å². The van der Waals surface area contributed by atoms with E-state index in [4.69, 9.17) is 1.37 Å². The number of rotatable bonds is 4. The highest BCUT2D eigenvalue weighted by atomic mass is 32.2. The number of nitro benzene ring substituents is 1. The molecule has 0 atom stereocenters. The lowest BCUT2D eigenvalue weighted by Gasteiger charge is -2.09. The molecule has 2 rings (SSSR count). The van der Waals surface area contributed by atoms with Gasteiger partial charge in [-0.1, -0.05) is 6.92 Å². The van der Waals surface area contributed by atoms with Crippen LogP contribution < -0.4 is 0 Å². The van der Waals surface area contributed by atoms with Crippen molar-refractivity contribution in [2.75, 3.05) is 5.75 Å². The van der Waals surface area contributed by atoms with Crippen LogP contribution in [0.25, 0.3) is 11.1 Å². The van der Waals surface area contributed by atoms with Crippen LogP contribution in [0.2, 0.25) is 0 Å². The molecule has 0 N–H and O–H groups in total. The zero-order valence-corrected chi connectivity index (χ0v) is 11.4. The predicted molar refractivity (Wildman–Crippen MR) is 75.3 cm³/mol. The fraction of sp³-hybridized carbons (Fsp3) is 0.231. The fourth-order valence-corrected chi connectivity index (χ4v) is 2.52. The Bertz CT molecular complexity index is 647. The first-order valence-corrected chi connectivity index (χ1v) is 6.74. The van der Waals surface area contributed by atoms with E-state index in [9.17, 15) is 10.1 Å². The largest absolute Gasteiger partial charge is 0.269 e. The van der Waals surface area contributed by atoms with Gasteiger partial charge >= 0.3 is 0 Å². The molecule has 1 aromatic carbocycles. The molecule has 0 amide bonds. The summed E-state index contributed by atoms with van der Waals surface area (Å²) in [6.45, 7) is 3.82. The highest BCUT2D eigenvalue weighted by molar-refractivity contribution is 7.99. The topological polar surface area (TPSA) is 68.9 Å². The van der Waals surface area contributed by atoms with E-state index in [2.05, 4.69) is 9.97 Å². The number of thioether (sulfide) groups is 1. The Morgan fingerprint density at radius 3 is 2.63 bits per heavy atom. The van der Waals surface area contributed by atoms with Crippen molar-refractivity contribution in [3.63, 3.8) is 0 Å². The van der Waals surface area contributed by atoms with Gasteiger partial charge in [-0.05, 0) is 30.4 Å². The Hall–Kier alpha value is -1.95. The van der Waals surface area contributed by atoms with Gasteiger partial charge in [0.1, 0.15) is 12.7 Å². The van der Waals surface area contributed by atoms with Crippen LogP contribution >= 0.6 is 11.8 Å². The minimum atomic E-state index is -0.429. The highest BCUT2D eigenvalue weighted by Crippen LogP contribution is 2.32. The summed E-state index contributed by atoms with van der Waals surface area (Å²) in [6, 6.07) is 6.30. The summed E-state index contributed by atoms with van der Waals surface area (Å²) >= 11 is 1.53. The van der Waals surface area contributed by atoms with Gasteiger partial charge in [0.15, 0.2) is 0 Å². The third-order valence-corrected chi connectivity index (χ3v) is 3.45. The number of hydrogen-bond acceptors (Lipinski definition) is 5. The van der Waals surface area contributed by atoms with Crippen molar-refractivity contribution >= 4 is 17.4 Å². The molecule has 5 nitrogen and oxygen atoms in total. The first-order valence-electron chi connectivity index (χ1n) is 6.25. The molecule has 0 aliphatic heterocycles. The smallest absolute Gasteiger partial charge is 0.258 e. The van der Waals surface area contributed by atoms with Crippen molar-refractivity contribution in [2.24, 2.45) is 0 Å². The van der Waals surface area contributed by atoms with Gasteiger partial charge in [-0.2, -0.15) is 0 Å². The first kappa shape index (κ1) is 12.1. The van der Waals surface area contributed by atoms with Crippen LogP contribution in [0.1, 0.15) is 14.0 Å². The third kappa shape index (κ3) is 2.90. The SMILES string of the molecule is [2H]c1nc(C)c(-c2ccc([N+](=O)[O-])cc2)c(SCC)n1. The molecule has 0 spiro atoms. The van der Waals surface area contributed by atoms with E-state index in [-0.39, 0.29) is 12.0 Å². The fourth-order valence-electron chi connectivity index (χ4n) is 1.74. The lowest BCUT2D eigenvalue weighted by atomic mass is 10.1. The normalized spacial score (nSPS) is 11.2. The minimum absolute atomic E-state index is 0.0101. The van der Waals surface area contributed by atoms with E-state index in [0.717, 1.165) is 21.9 Å². The summed E-state index contributed by atoms with van der Waals surface area (Å²) in [4.78, 5) is 18.5. The number of aromatic nitrogens is 2. The van der Waals surface area contributed by atoms with Gasteiger partial charge in [0.25, 0.3) is 5.69 Å². The predicted octanol–water partition coefficient (Wildman–Crippen LogP) is 3.47. The van der Waals surface area contributed by atoms with Crippen molar-refractivity contribution < 1.29 is 6.29 Å². The van der Waals surface area contributed by atoms with Crippen LogP contribution in [0, 0.1) is 17.0 Å². The number of hydrogen-bond donors (Lipinski definition) is 0. The van der Waals surface area contributed by atoms with Crippen molar-refractivity contribution in [3.8, 4) is 11.1 Å². The van der Waals surface area contributed by atoms with Crippen LogP contribution in [0.4, 0.5) is 5.69 Å². The van der Waals surface area contributed by atoms with Gasteiger partial charge in [0.2, 0.25) is 0 Å². The first-order chi connectivity index (χ1) is 9.52. The Morgan fingerprint density at radius 1 is 1.37 bits per heavy atom. The molecule has 0 unspecified atom stereocenters. The second-order valence-electron chi connectivity index (χ2n) is 3.83. The maximum absolute atomic E-state index is 10.7. The number of nitro groups is 1. The summed E-state index contributed by atoms with van der Waals surface area (Å²) in [7, 11) is 0. The molecular formula is C13H13N3O2S. The molecule has 0 aliphatic carbocycles. The molecule has 0 radical (unpaired) electrons. The van der Waals surface area contributed by atoms with Crippen LogP contribution in [0.3, 0.4) is 0 Å². The molecule has 1 aromatic heterocycles. The van der Waals surface area contributed by atoms with Crippen molar-refractivity contribution in [3.05, 3.63) is 46.4 Å². The van der Waals surface area contributed by atoms with E-state index in [1.54, 1.807) is 12.1 Å². The van der Waals surface area contributed by atoms with E-state index < -0.39 is 4.92 Å². The number of nitrogens with zero attached hydrogens (tertiary/aromatic N) is 3. The highest BCUT2D eigenvalue weighted by Gasteiger charge is 2.12. The standard InChI is InChI=1S/C13H13N3O2S/c1-3-19-13-12(9(2)14-8-15-13)10-4-6-11(7-5-10)16(17)18/h4-8H,3H2,1-2H3/i8D. The quantitative estimate of drug-likeness (QED) is 0.370. The Balaban J connectivity index is 2.53. The lowest BCUT2D eigenvalue weighted by molar-refractivity contribution is -0.384. The second-order valence-corrected chi connectivity index (χ2v) is 5.08. The average molecular weight is 276 g/mol. The molecule has 98 valence electrons. The second kappa shape index (κ2) is 5.79. The van der Waals surface area contributed by atoms with Gasteiger partial charge in [0, 0.05) is 23.4 Å². The van der Waals surface area contributed by atoms with Crippen molar-refractivity contribution in [2.45, 2.75) is 18.9 Å². The van der Waals surface area contributed by atoms with Crippen LogP contribution in [0.15, 0.2) is 35.6 Å². The molecule has 0 saturated carbocycles. The Labute approximate surface area is 116 Å². The molecule has 6 heteroatoms. The average Bonchev–Trinajstić information content (AvgIpc) is 2.38. The number of benzene rings is 1. The van der Waals surface area contributed by atoms with E-state index in [1.807, 2.05) is 13.8 Å². The molecule has 0 bridgehead atoms. The van der Waals surface area contributed by atoms with Crippen LogP contribution in [0.5, 0.6) is 0 Å².